The van der Waals surface area contributed by atoms with Crippen LogP contribution in [0.1, 0.15) is 86.6 Å². The van der Waals surface area contributed by atoms with Crippen LogP contribution in [-0.2, 0) is 48.7 Å². The van der Waals surface area contributed by atoms with E-state index in [0.29, 0.717) is 31.1 Å². The number of carbonyl (C=O) groups excluding carboxylic acids is 4. The number of sulfonamides is 1. The average molecular weight is 763 g/mol. The maximum absolute atomic E-state index is 14.7. The summed E-state index contributed by atoms with van der Waals surface area (Å²) >= 11 is 1.45. The standard InChI is InChI=1S/C38H46N6O7S2/c1-2-26-18-38(26,35(47)42-53(49,50)29-15-16-29)41-33(45)31-17-28-20-44(31)34(46)32(24-10-6-7-11-24)40-36-39-27(22-52-36)14-5-3-4-9-23-12-8-13-25-19-43(21-30(23)25)37(48)51-28/h2,4,8-9,12-13,22,24,26,28-29,31-32H,1,3,5-7,10-11,14-21H2,(H,39,40)(H,41,45)(H,42,47)/b9-4+/t26-,28+,31-,32?,38?/m0/s1. The lowest BCUT2D eigenvalue weighted by Gasteiger charge is -2.32. The number of ether oxygens (including phenoxy) is 1. The number of aryl methyl sites for hydroxylation is 1. The summed E-state index contributed by atoms with van der Waals surface area (Å²) in [5, 5.41) is 8.32. The molecule has 3 saturated carbocycles. The number of aromatic nitrogens is 1. The lowest BCUT2D eigenvalue weighted by Crippen LogP contribution is -2.58. The van der Waals surface area contributed by atoms with Crippen molar-refractivity contribution in [2.45, 2.75) is 113 Å². The second-order valence-corrected chi connectivity index (χ2v) is 18.2. The lowest BCUT2D eigenvalue weighted by molar-refractivity contribution is -0.141. The summed E-state index contributed by atoms with van der Waals surface area (Å²) in [6.45, 7) is 4.56. The number of benzene rings is 1. The van der Waals surface area contributed by atoms with Gasteiger partial charge in [0.15, 0.2) is 5.13 Å². The molecule has 3 aliphatic carbocycles. The molecule has 0 spiro atoms. The molecule has 2 unspecified atom stereocenters. The highest BCUT2D eigenvalue weighted by Gasteiger charge is 2.62. The van der Waals surface area contributed by atoms with Gasteiger partial charge in [0.25, 0.3) is 5.91 Å². The minimum absolute atomic E-state index is 0.00834. The first-order valence-corrected chi connectivity index (χ1v) is 21.2. The molecule has 4 heterocycles. The molecular formula is C38H46N6O7S2. The lowest BCUT2D eigenvalue weighted by atomic mass is 9.96. The molecule has 1 saturated heterocycles. The van der Waals surface area contributed by atoms with Crippen molar-refractivity contribution in [3.63, 3.8) is 0 Å². The van der Waals surface area contributed by atoms with Crippen LogP contribution in [0.4, 0.5) is 9.93 Å². The van der Waals surface area contributed by atoms with E-state index >= 15 is 0 Å². The van der Waals surface area contributed by atoms with Gasteiger partial charge in [-0.1, -0.05) is 49.3 Å². The van der Waals surface area contributed by atoms with Gasteiger partial charge in [-0.05, 0) is 74.0 Å². The number of thiazole rings is 1. The van der Waals surface area contributed by atoms with E-state index in [1.54, 1.807) is 4.90 Å². The van der Waals surface area contributed by atoms with Gasteiger partial charge in [0, 0.05) is 24.3 Å². The Bertz CT molecular complexity index is 1950. The number of hydrogen-bond acceptors (Lipinski definition) is 10. The number of anilines is 1. The Balaban J connectivity index is 1.09. The summed E-state index contributed by atoms with van der Waals surface area (Å²) in [5.41, 5.74) is 2.61. The molecule has 1 aromatic heterocycles. The maximum Gasteiger partial charge on any atom is 0.410 e. The molecule has 2 aromatic rings. The zero-order valence-electron chi connectivity index (χ0n) is 29.6. The van der Waals surface area contributed by atoms with E-state index in [2.05, 4.69) is 34.1 Å². The predicted octanol–water partition coefficient (Wildman–Crippen LogP) is 4.25. The SMILES string of the molecule is C=C[C@H]1CC1(NC(=O)[C@@H]1C[C@@H]2CN1C(=O)C(C1CCCC1)Nc1nc(cs1)CCC/C=C/c1cccc3c1CN(C3)C(=O)O2)C(=O)NS(=O)(=O)C1CC1. The second kappa shape index (κ2) is 14.2. The zero-order chi connectivity index (χ0) is 36.9. The van der Waals surface area contributed by atoms with Gasteiger partial charge in [-0.3, -0.25) is 24.0 Å². The van der Waals surface area contributed by atoms with E-state index in [9.17, 15) is 27.6 Å². The number of fused-ring (bicyclic) bond motifs is 5. The van der Waals surface area contributed by atoms with Crippen LogP contribution in [0.3, 0.4) is 0 Å². The molecule has 3 N–H and O–H groups in total. The molecule has 6 bridgehead atoms. The van der Waals surface area contributed by atoms with Gasteiger partial charge in [0.1, 0.15) is 23.7 Å². The fourth-order valence-electron chi connectivity index (χ4n) is 8.43. The van der Waals surface area contributed by atoms with Crippen molar-refractivity contribution in [1.29, 1.82) is 0 Å². The van der Waals surface area contributed by atoms with Gasteiger partial charge in [-0.15, -0.1) is 17.9 Å². The molecule has 1 aromatic carbocycles. The first-order chi connectivity index (χ1) is 25.5. The minimum atomic E-state index is -3.87. The van der Waals surface area contributed by atoms with E-state index in [1.807, 2.05) is 23.6 Å². The molecule has 15 heteroatoms. The van der Waals surface area contributed by atoms with E-state index in [1.165, 1.54) is 22.3 Å². The molecule has 8 rings (SSSR count). The number of allylic oxidation sites excluding steroid dienone is 1. The van der Waals surface area contributed by atoms with Crippen LogP contribution in [0, 0.1) is 11.8 Å². The Morgan fingerprint density at radius 2 is 1.92 bits per heavy atom. The molecule has 0 radical (unpaired) electrons. The van der Waals surface area contributed by atoms with Gasteiger partial charge in [0.2, 0.25) is 21.8 Å². The second-order valence-electron chi connectivity index (χ2n) is 15.4. The third-order valence-corrected chi connectivity index (χ3v) is 14.4. The van der Waals surface area contributed by atoms with Crippen LogP contribution < -0.4 is 15.4 Å². The first-order valence-electron chi connectivity index (χ1n) is 18.8. The molecule has 5 atom stereocenters. The molecule has 282 valence electrons. The molecule has 4 fully saturated rings. The number of amides is 4. The largest absolute Gasteiger partial charge is 0.444 e. The van der Waals surface area contributed by atoms with Gasteiger partial charge < -0.3 is 20.3 Å². The van der Waals surface area contributed by atoms with Crippen molar-refractivity contribution < 1.29 is 32.3 Å². The van der Waals surface area contributed by atoms with Crippen molar-refractivity contribution in [2.24, 2.45) is 11.8 Å². The number of nitrogens with zero attached hydrogens (tertiary/aromatic N) is 3. The van der Waals surface area contributed by atoms with Crippen molar-refractivity contribution in [3.8, 4) is 0 Å². The molecular weight excluding hydrogens is 717 g/mol. The van der Waals surface area contributed by atoms with Gasteiger partial charge in [-0.2, -0.15) is 0 Å². The van der Waals surface area contributed by atoms with Gasteiger partial charge in [-0.25, -0.2) is 18.2 Å². The topological polar surface area (TPSA) is 167 Å². The molecule has 3 aliphatic heterocycles. The number of rotatable bonds is 7. The first kappa shape index (κ1) is 35.8. The van der Waals surface area contributed by atoms with Crippen LogP contribution >= 0.6 is 11.3 Å². The Morgan fingerprint density at radius 1 is 1.11 bits per heavy atom. The van der Waals surface area contributed by atoms with Crippen LogP contribution in [0.25, 0.3) is 6.08 Å². The molecule has 13 nitrogen and oxygen atoms in total. The third-order valence-electron chi connectivity index (χ3n) is 11.7. The summed E-state index contributed by atoms with van der Waals surface area (Å²) < 4.78 is 33.7. The van der Waals surface area contributed by atoms with Crippen molar-refractivity contribution in [3.05, 3.63) is 64.7 Å². The van der Waals surface area contributed by atoms with Crippen molar-refractivity contribution in [2.75, 3.05) is 11.9 Å². The monoisotopic (exact) mass is 762 g/mol. The van der Waals surface area contributed by atoms with E-state index in [4.69, 9.17) is 9.72 Å². The Labute approximate surface area is 313 Å². The average Bonchev–Trinajstić information content (AvgIpc) is 3.77. The highest BCUT2D eigenvalue weighted by molar-refractivity contribution is 7.91. The molecule has 4 amide bonds. The summed E-state index contributed by atoms with van der Waals surface area (Å²) in [4.78, 5) is 64.2. The van der Waals surface area contributed by atoms with Crippen LogP contribution in [-0.4, -0.2) is 82.5 Å². The number of hydrogen-bond donors (Lipinski definition) is 3. The van der Waals surface area contributed by atoms with Crippen LogP contribution in [0.15, 0.2) is 42.3 Å². The van der Waals surface area contributed by atoms with Crippen molar-refractivity contribution in [1.82, 2.24) is 24.8 Å². The highest BCUT2D eigenvalue weighted by Crippen LogP contribution is 2.46. The predicted molar refractivity (Wildman–Crippen MR) is 199 cm³/mol. The van der Waals surface area contributed by atoms with Gasteiger partial charge in [0.05, 0.1) is 24.0 Å². The maximum atomic E-state index is 14.7. The normalized spacial score (nSPS) is 29.6. The smallest absolute Gasteiger partial charge is 0.410 e. The summed E-state index contributed by atoms with van der Waals surface area (Å²) in [6.07, 6.45) is 11.9. The Kier molecular flexibility index (Phi) is 9.58. The zero-order valence-corrected chi connectivity index (χ0v) is 31.3. The molecule has 53 heavy (non-hydrogen) atoms. The van der Waals surface area contributed by atoms with Crippen LogP contribution in [0.2, 0.25) is 0 Å². The third kappa shape index (κ3) is 7.21. The summed E-state index contributed by atoms with van der Waals surface area (Å²) in [6, 6.07) is 4.31. The van der Waals surface area contributed by atoms with Crippen LogP contribution in [0.5, 0.6) is 0 Å². The highest BCUT2D eigenvalue weighted by atomic mass is 32.2. The van der Waals surface area contributed by atoms with E-state index < -0.39 is 62.8 Å². The van der Waals surface area contributed by atoms with Gasteiger partial charge >= 0.3 is 6.09 Å². The number of carbonyl (C=O) groups is 4. The summed E-state index contributed by atoms with van der Waals surface area (Å²) in [7, 11) is -3.87. The van der Waals surface area contributed by atoms with E-state index in [0.717, 1.165) is 67.3 Å². The van der Waals surface area contributed by atoms with E-state index in [-0.39, 0.29) is 31.2 Å². The van der Waals surface area contributed by atoms with Crippen molar-refractivity contribution >= 4 is 56.4 Å². The Hall–Kier alpha value is -4.24. The quantitative estimate of drug-likeness (QED) is 0.350. The summed E-state index contributed by atoms with van der Waals surface area (Å²) in [5.74, 6) is -2.18. The number of nitrogens with one attached hydrogen (secondary N) is 3. The molecule has 6 aliphatic rings. The fraction of sp³-hybridized carbons (Fsp3) is 0.553. The Morgan fingerprint density at radius 3 is 2.68 bits per heavy atom. The minimum Gasteiger partial charge on any atom is -0.444 e. The fourth-order valence-corrected chi connectivity index (χ4v) is 10.6.